The van der Waals surface area contributed by atoms with Crippen LogP contribution in [0.25, 0.3) is 11.8 Å². The SMILES string of the molecule is C=CCOc1ccc(Cl)cc1/C=c1\sc2n(c1=O)[C@@H](c1ccc(OC)cc1)C(C(=O)OCC)=C(c1ccccc1)N=2. The van der Waals surface area contributed by atoms with Crippen LogP contribution in [0.3, 0.4) is 0 Å². The molecule has 1 aliphatic rings. The molecule has 7 nitrogen and oxygen atoms in total. The number of hydrogen-bond donors (Lipinski definition) is 0. The molecule has 0 unspecified atom stereocenters. The monoisotopic (exact) mass is 586 g/mol. The Bertz CT molecular complexity index is 1810. The lowest BCUT2D eigenvalue weighted by Gasteiger charge is -2.26. The van der Waals surface area contributed by atoms with E-state index in [-0.39, 0.29) is 17.7 Å². The van der Waals surface area contributed by atoms with Crippen LogP contribution < -0.4 is 24.4 Å². The number of benzene rings is 3. The van der Waals surface area contributed by atoms with E-state index in [9.17, 15) is 9.59 Å². The Balaban J connectivity index is 1.80. The lowest BCUT2D eigenvalue weighted by molar-refractivity contribution is -0.138. The Hall–Kier alpha value is -4.40. The lowest BCUT2D eigenvalue weighted by atomic mass is 9.93. The highest BCUT2D eigenvalue weighted by Gasteiger charge is 2.35. The zero-order valence-corrected chi connectivity index (χ0v) is 24.1. The van der Waals surface area contributed by atoms with Crippen molar-refractivity contribution >= 4 is 40.7 Å². The van der Waals surface area contributed by atoms with E-state index in [0.29, 0.717) is 49.3 Å². The first-order valence-corrected chi connectivity index (χ1v) is 14.1. The smallest absolute Gasteiger partial charge is 0.338 e. The molecular formula is C32H27ClN2O5S. The van der Waals surface area contributed by atoms with Gasteiger partial charge in [-0.1, -0.05) is 78.1 Å². The highest BCUT2D eigenvalue weighted by molar-refractivity contribution is 7.07. The third-order valence-corrected chi connectivity index (χ3v) is 7.64. The van der Waals surface area contributed by atoms with Crippen molar-refractivity contribution in [3.63, 3.8) is 0 Å². The van der Waals surface area contributed by atoms with Crippen molar-refractivity contribution in [2.24, 2.45) is 4.99 Å². The standard InChI is InChI=1S/C32H27ClN2O5S/c1-4-17-40-25-16-13-23(33)18-22(25)19-26-30(36)35-29(21-11-14-24(38-3)15-12-21)27(31(37)39-5-2)28(34-32(35)41-26)20-9-7-6-8-10-20/h4,6-16,18-19,29H,1,5,17H2,2-3H3/b26-19-/t29-/m0/s1. The van der Waals surface area contributed by atoms with E-state index < -0.39 is 12.0 Å². The van der Waals surface area contributed by atoms with Gasteiger partial charge >= 0.3 is 5.97 Å². The van der Waals surface area contributed by atoms with Crippen molar-refractivity contribution < 1.29 is 19.0 Å². The van der Waals surface area contributed by atoms with Gasteiger partial charge in [-0.15, -0.1) is 0 Å². The number of thiazole rings is 1. The normalized spacial score (nSPS) is 14.7. The Labute approximate surface area is 245 Å². The van der Waals surface area contributed by atoms with Crippen molar-refractivity contribution in [3.8, 4) is 11.5 Å². The number of esters is 1. The summed E-state index contributed by atoms with van der Waals surface area (Å²) >= 11 is 7.52. The molecule has 9 heteroatoms. The van der Waals surface area contributed by atoms with Gasteiger partial charge in [0.05, 0.1) is 35.6 Å². The summed E-state index contributed by atoms with van der Waals surface area (Å²) in [7, 11) is 1.58. The summed E-state index contributed by atoms with van der Waals surface area (Å²) in [6.45, 7) is 5.92. The van der Waals surface area contributed by atoms with Crippen LogP contribution in [0.4, 0.5) is 0 Å². The predicted octanol–water partition coefficient (Wildman–Crippen LogP) is 5.16. The molecule has 4 aromatic rings. The van der Waals surface area contributed by atoms with Crippen LogP contribution in [-0.2, 0) is 9.53 Å². The van der Waals surface area contributed by atoms with Crippen LogP contribution in [-0.4, -0.2) is 30.9 Å². The molecule has 41 heavy (non-hydrogen) atoms. The number of aromatic nitrogens is 1. The minimum absolute atomic E-state index is 0.173. The number of fused-ring (bicyclic) bond motifs is 1. The summed E-state index contributed by atoms with van der Waals surface area (Å²) in [5.74, 6) is 0.670. The minimum atomic E-state index is -0.788. The van der Waals surface area contributed by atoms with Gasteiger partial charge < -0.3 is 14.2 Å². The zero-order valence-electron chi connectivity index (χ0n) is 22.5. The molecule has 0 amide bonds. The number of carbonyl (C=O) groups is 1. The number of methoxy groups -OCH3 is 1. The van der Waals surface area contributed by atoms with Crippen molar-refractivity contribution in [1.82, 2.24) is 4.57 Å². The predicted molar refractivity (Wildman–Crippen MR) is 161 cm³/mol. The third-order valence-electron chi connectivity index (χ3n) is 6.42. The fourth-order valence-corrected chi connectivity index (χ4v) is 5.77. The van der Waals surface area contributed by atoms with Crippen molar-refractivity contribution in [1.29, 1.82) is 0 Å². The number of rotatable bonds is 9. The summed E-state index contributed by atoms with van der Waals surface area (Å²) in [5, 5.41) is 0.502. The Morgan fingerprint density at radius 1 is 1.12 bits per heavy atom. The van der Waals surface area contributed by atoms with Gasteiger partial charge in [-0.3, -0.25) is 9.36 Å². The minimum Gasteiger partial charge on any atom is -0.497 e. The molecule has 0 aliphatic carbocycles. The molecular weight excluding hydrogens is 560 g/mol. The second-order valence-electron chi connectivity index (χ2n) is 8.99. The van der Waals surface area contributed by atoms with Gasteiger partial charge in [0.1, 0.15) is 18.1 Å². The Morgan fingerprint density at radius 2 is 1.88 bits per heavy atom. The van der Waals surface area contributed by atoms with Crippen LogP contribution in [0.5, 0.6) is 11.5 Å². The highest BCUT2D eigenvalue weighted by Crippen LogP contribution is 2.35. The molecule has 0 bridgehead atoms. The van der Waals surface area contributed by atoms with E-state index in [1.165, 1.54) is 11.3 Å². The molecule has 0 fully saturated rings. The molecule has 0 saturated carbocycles. The van der Waals surface area contributed by atoms with Gasteiger partial charge in [0, 0.05) is 16.1 Å². The first-order chi connectivity index (χ1) is 19.9. The molecule has 5 rings (SSSR count). The largest absolute Gasteiger partial charge is 0.497 e. The van der Waals surface area contributed by atoms with Gasteiger partial charge in [-0.2, -0.15) is 0 Å². The van der Waals surface area contributed by atoms with E-state index in [4.69, 9.17) is 30.8 Å². The van der Waals surface area contributed by atoms with E-state index >= 15 is 0 Å². The maximum absolute atomic E-state index is 14.1. The maximum atomic E-state index is 14.1. The average molecular weight is 587 g/mol. The molecule has 0 radical (unpaired) electrons. The van der Waals surface area contributed by atoms with Crippen LogP contribution in [0, 0.1) is 0 Å². The summed E-state index contributed by atoms with van der Waals surface area (Å²) in [6, 6.07) is 21.1. The van der Waals surface area contributed by atoms with Crippen molar-refractivity contribution in [3.05, 3.63) is 132 Å². The molecule has 1 aromatic heterocycles. The molecule has 0 spiro atoms. The van der Waals surface area contributed by atoms with E-state index in [1.807, 2.05) is 42.5 Å². The summed E-state index contributed by atoms with van der Waals surface area (Å²) in [5.41, 5.74) is 2.51. The second-order valence-corrected chi connectivity index (χ2v) is 10.4. The number of nitrogens with zero attached hydrogens (tertiary/aromatic N) is 2. The molecule has 0 N–H and O–H groups in total. The molecule has 1 atom stereocenters. The number of halogens is 1. The van der Waals surface area contributed by atoms with Gasteiger partial charge in [0.15, 0.2) is 4.80 Å². The van der Waals surface area contributed by atoms with Crippen LogP contribution in [0.2, 0.25) is 5.02 Å². The first-order valence-electron chi connectivity index (χ1n) is 12.9. The van der Waals surface area contributed by atoms with Crippen LogP contribution in [0.15, 0.2) is 101 Å². The fraction of sp³-hybridized carbons (Fsp3) is 0.156. The summed E-state index contributed by atoms with van der Waals surface area (Å²) in [6.07, 6.45) is 3.37. The lowest BCUT2D eigenvalue weighted by Crippen LogP contribution is -2.40. The quantitative estimate of drug-likeness (QED) is 0.200. The number of carbonyl (C=O) groups excluding carboxylic acids is 1. The zero-order chi connectivity index (χ0) is 28.9. The molecule has 0 saturated heterocycles. The summed E-state index contributed by atoms with van der Waals surface area (Å²) < 4.78 is 18.6. The van der Waals surface area contributed by atoms with Crippen LogP contribution in [0.1, 0.15) is 29.7 Å². The molecule has 2 heterocycles. The van der Waals surface area contributed by atoms with E-state index in [0.717, 1.165) is 5.56 Å². The van der Waals surface area contributed by atoms with Gasteiger partial charge in [0.25, 0.3) is 5.56 Å². The van der Waals surface area contributed by atoms with Gasteiger partial charge in [-0.25, -0.2) is 9.79 Å². The third kappa shape index (κ3) is 5.75. The van der Waals surface area contributed by atoms with Gasteiger partial charge in [-0.05, 0) is 48.9 Å². The topological polar surface area (TPSA) is 79.1 Å². The first kappa shape index (κ1) is 28.1. The van der Waals surface area contributed by atoms with E-state index in [1.54, 1.807) is 61.1 Å². The van der Waals surface area contributed by atoms with Gasteiger partial charge in [0.2, 0.25) is 0 Å². The van der Waals surface area contributed by atoms with Crippen molar-refractivity contribution in [2.45, 2.75) is 13.0 Å². The van der Waals surface area contributed by atoms with E-state index in [2.05, 4.69) is 6.58 Å². The Kier molecular flexibility index (Phi) is 8.52. The number of hydrogen-bond acceptors (Lipinski definition) is 7. The number of ether oxygens (including phenoxy) is 3. The highest BCUT2D eigenvalue weighted by atomic mass is 35.5. The van der Waals surface area contributed by atoms with Crippen LogP contribution >= 0.6 is 22.9 Å². The molecule has 3 aromatic carbocycles. The van der Waals surface area contributed by atoms with Crippen molar-refractivity contribution in [2.75, 3.05) is 20.3 Å². The fourth-order valence-electron chi connectivity index (χ4n) is 4.60. The molecule has 1 aliphatic heterocycles. The second kappa shape index (κ2) is 12.4. The summed E-state index contributed by atoms with van der Waals surface area (Å²) in [4.78, 5) is 33.0. The molecule has 208 valence electrons. The average Bonchev–Trinajstić information content (AvgIpc) is 3.30. The maximum Gasteiger partial charge on any atom is 0.338 e. The Morgan fingerprint density at radius 3 is 2.56 bits per heavy atom.